The summed E-state index contributed by atoms with van der Waals surface area (Å²) < 4.78 is 2.10. The normalized spacial score (nSPS) is 16.2. The number of hydrogen-bond donors (Lipinski definition) is 0. The van der Waals surface area contributed by atoms with Gasteiger partial charge in [0.15, 0.2) is 0 Å². The molecule has 0 saturated carbocycles. The molecule has 0 unspecified atom stereocenters. The fraction of sp³-hybridized carbons (Fsp3) is 0.556. The molecule has 0 amide bonds. The molecule has 0 aliphatic carbocycles. The summed E-state index contributed by atoms with van der Waals surface area (Å²) in [7, 11) is 4.26. The Morgan fingerprint density at radius 1 is 1.17 bits per heavy atom. The lowest BCUT2D eigenvalue weighted by atomic mass is 9.93. The predicted molar refractivity (Wildman–Crippen MR) is 93.3 cm³/mol. The Balaban J connectivity index is 1.40. The van der Waals surface area contributed by atoms with E-state index in [0.717, 1.165) is 37.9 Å². The van der Waals surface area contributed by atoms with Gasteiger partial charge in [-0.05, 0) is 50.9 Å². The van der Waals surface area contributed by atoms with Crippen molar-refractivity contribution in [2.45, 2.75) is 25.8 Å². The highest BCUT2D eigenvalue weighted by molar-refractivity contribution is 5.44. The van der Waals surface area contributed by atoms with E-state index in [1.54, 1.807) is 0 Å². The van der Waals surface area contributed by atoms with Gasteiger partial charge in [0.25, 0.3) is 0 Å². The molecule has 1 saturated heterocycles. The van der Waals surface area contributed by atoms with E-state index >= 15 is 0 Å². The first kappa shape index (κ1) is 16.0. The first-order valence-electron chi connectivity index (χ1n) is 8.52. The van der Waals surface area contributed by atoms with Gasteiger partial charge in [-0.3, -0.25) is 9.88 Å². The summed E-state index contributed by atoms with van der Waals surface area (Å²) in [6.45, 7) is 4.40. The molecule has 5 nitrogen and oxygen atoms in total. The molecule has 1 aliphatic rings. The van der Waals surface area contributed by atoms with Crippen LogP contribution in [0.2, 0.25) is 0 Å². The molecule has 3 heterocycles. The van der Waals surface area contributed by atoms with Crippen LogP contribution in [0.1, 0.15) is 25.1 Å². The lowest BCUT2D eigenvalue weighted by molar-refractivity contribution is 0.266. The maximum absolute atomic E-state index is 4.40. The molecule has 0 aromatic carbocycles. The smallest absolute Gasteiger partial charge is 0.122 e. The van der Waals surface area contributed by atoms with Crippen molar-refractivity contribution in [3.63, 3.8) is 0 Å². The molecule has 1 aliphatic heterocycles. The van der Waals surface area contributed by atoms with E-state index in [0.29, 0.717) is 0 Å². The Hall–Kier alpha value is -1.88. The van der Waals surface area contributed by atoms with Crippen molar-refractivity contribution in [3.05, 3.63) is 42.7 Å². The number of aryl methyl sites for hydroxylation is 1. The third-order valence-corrected chi connectivity index (χ3v) is 4.89. The quantitative estimate of drug-likeness (QED) is 0.821. The molecular weight excluding hydrogens is 286 g/mol. The number of rotatable bonds is 6. The van der Waals surface area contributed by atoms with E-state index in [2.05, 4.69) is 50.6 Å². The first-order chi connectivity index (χ1) is 11.2. The minimum Gasteiger partial charge on any atom is -0.371 e. The van der Waals surface area contributed by atoms with Gasteiger partial charge in [-0.25, -0.2) is 4.98 Å². The molecule has 23 heavy (non-hydrogen) atoms. The van der Waals surface area contributed by atoms with Crippen LogP contribution in [0.5, 0.6) is 0 Å². The largest absolute Gasteiger partial charge is 0.371 e. The molecule has 3 rings (SSSR count). The Bertz CT molecular complexity index is 586. The van der Waals surface area contributed by atoms with Crippen LogP contribution in [0.25, 0.3) is 0 Å². The minimum atomic E-state index is 0.844. The van der Waals surface area contributed by atoms with Crippen molar-refractivity contribution < 1.29 is 0 Å². The lowest BCUT2D eigenvalue weighted by Crippen LogP contribution is -2.34. The van der Waals surface area contributed by atoms with Gasteiger partial charge in [0.1, 0.15) is 5.82 Å². The van der Waals surface area contributed by atoms with Crippen LogP contribution in [-0.4, -0.2) is 46.1 Å². The number of nitrogens with zero attached hydrogens (tertiary/aromatic N) is 5. The highest BCUT2D eigenvalue weighted by atomic mass is 15.2. The predicted octanol–water partition coefficient (Wildman–Crippen LogP) is 2.55. The van der Waals surface area contributed by atoms with Gasteiger partial charge >= 0.3 is 0 Å². The number of imidazole rings is 1. The van der Waals surface area contributed by atoms with Gasteiger partial charge in [-0.1, -0.05) is 0 Å². The van der Waals surface area contributed by atoms with Crippen molar-refractivity contribution in [3.8, 4) is 0 Å². The fourth-order valence-electron chi connectivity index (χ4n) is 3.31. The van der Waals surface area contributed by atoms with Gasteiger partial charge in [0.2, 0.25) is 0 Å². The second-order valence-electron chi connectivity index (χ2n) is 6.62. The summed E-state index contributed by atoms with van der Waals surface area (Å²) in [6.07, 6.45) is 11.5. The summed E-state index contributed by atoms with van der Waals surface area (Å²) in [4.78, 5) is 13.4. The van der Waals surface area contributed by atoms with Crippen LogP contribution in [0, 0.1) is 5.92 Å². The van der Waals surface area contributed by atoms with Crippen LogP contribution in [-0.2, 0) is 13.6 Å². The molecule has 124 valence electrons. The van der Waals surface area contributed by atoms with Gasteiger partial charge in [0.05, 0.1) is 6.54 Å². The number of hydrogen-bond acceptors (Lipinski definition) is 4. The number of aromatic nitrogens is 3. The van der Waals surface area contributed by atoms with Crippen LogP contribution >= 0.6 is 0 Å². The van der Waals surface area contributed by atoms with E-state index in [-0.39, 0.29) is 0 Å². The zero-order valence-electron chi connectivity index (χ0n) is 14.2. The molecule has 2 aromatic heterocycles. The standard InChI is InChI=1S/C18H27N5/c1-21(15-18-20-10-14-22(18)2)11-5-16-6-12-23(13-7-16)17-3-8-19-9-4-17/h3-4,8-10,14,16H,5-7,11-13,15H2,1-2H3. The van der Waals surface area contributed by atoms with E-state index in [1.807, 2.05) is 24.8 Å². The van der Waals surface area contributed by atoms with E-state index in [1.165, 1.54) is 24.9 Å². The maximum Gasteiger partial charge on any atom is 0.122 e. The van der Waals surface area contributed by atoms with Crippen molar-refractivity contribution in [2.24, 2.45) is 13.0 Å². The Morgan fingerprint density at radius 3 is 2.57 bits per heavy atom. The summed E-state index contributed by atoms with van der Waals surface area (Å²) in [5.41, 5.74) is 1.31. The van der Waals surface area contributed by atoms with Crippen molar-refractivity contribution in [2.75, 3.05) is 31.6 Å². The SMILES string of the molecule is CN(CCC1CCN(c2ccncc2)CC1)Cc1nccn1C. The van der Waals surface area contributed by atoms with Gasteiger partial charge in [0, 0.05) is 50.6 Å². The monoisotopic (exact) mass is 313 g/mol. The number of anilines is 1. The zero-order valence-corrected chi connectivity index (χ0v) is 14.2. The number of piperidine rings is 1. The molecule has 0 radical (unpaired) electrons. The summed E-state index contributed by atoms with van der Waals surface area (Å²) in [6, 6.07) is 4.22. The molecule has 0 spiro atoms. The molecule has 1 fully saturated rings. The molecule has 0 atom stereocenters. The number of pyridine rings is 1. The minimum absolute atomic E-state index is 0.844. The second kappa shape index (κ2) is 7.59. The topological polar surface area (TPSA) is 37.2 Å². The van der Waals surface area contributed by atoms with Crippen molar-refractivity contribution in [1.29, 1.82) is 0 Å². The third-order valence-electron chi connectivity index (χ3n) is 4.89. The van der Waals surface area contributed by atoms with Crippen molar-refractivity contribution in [1.82, 2.24) is 19.4 Å². The highest BCUT2D eigenvalue weighted by Crippen LogP contribution is 2.24. The molecule has 5 heteroatoms. The summed E-state index contributed by atoms with van der Waals surface area (Å²) in [5.74, 6) is 1.98. The summed E-state index contributed by atoms with van der Waals surface area (Å²) >= 11 is 0. The highest BCUT2D eigenvalue weighted by Gasteiger charge is 2.19. The molecular formula is C18H27N5. The van der Waals surface area contributed by atoms with Crippen LogP contribution in [0.3, 0.4) is 0 Å². The molecule has 2 aromatic rings. The zero-order chi connectivity index (χ0) is 16.1. The molecule has 0 bridgehead atoms. The Labute approximate surface area is 139 Å². The van der Waals surface area contributed by atoms with Crippen LogP contribution in [0.4, 0.5) is 5.69 Å². The fourth-order valence-corrected chi connectivity index (χ4v) is 3.31. The van der Waals surface area contributed by atoms with E-state index in [9.17, 15) is 0 Å². The van der Waals surface area contributed by atoms with Gasteiger partial charge in [-0.15, -0.1) is 0 Å². The van der Waals surface area contributed by atoms with Crippen molar-refractivity contribution >= 4 is 5.69 Å². The third kappa shape index (κ3) is 4.32. The van der Waals surface area contributed by atoms with Crippen LogP contribution < -0.4 is 4.90 Å². The average molecular weight is 313 g/mol. The van der Waals surface area contributed by atoms with E-state index < -0.39 is 0 Å². The second-order valence-corrected chi connectivity index (χ2v) is 6.62. The Morgan fingerprint density at radius 2 is 1.91 bits per heavy atom. The Kier molecular flexibility index (Phi) is 5.28. The van der Waals surface area contributed by atoms with Gasteiger partial charge in [-0.2, -0.15) is 0 Å². The van der Waals surface area contributed by atoms with E-state index in [4.69, 9.17) is 0 Å². The molecule has 0 N–H and O–H groups in total. The lowest BCUT2D eigenvalue weighted by Gasteiger charge is -2.34. The van der Waals surface area contributed by atoms with Gasteiger partial charge < -0.3 is 9.47 Å². The summed E-state index contributed by atoms with van der Waals surface area (Å²) in [5, 5.41) is 0. The average Bonchev–Trinajstić information content (AvgIpc) is 2.99. The first-order valence-corrected chi connectivity index (χ1v) is 8.52. The van der Waals surface area contributed by atoms with Crippen LogP contribution in [0.15, 0.2) is 36.9 Å². The maximum atomic E-state index is 4.40.